The van der Waals surface area contributed by atoms with Gasteiger partial charge in [0.1, 0.15) is 23.2 Å². The van der Waals surface area contributed by atoms with Crippen LogP contribution in [0.5, 0.6) is 5.75 Å². The maximum atomic E-state index is 12.4. The zero-order chi connectivity index (χ0) is 19.5. The molecule has 1 amide bonds. The third-order valence-corrected chi connectivity index (χ3v) is 4.64. The Morgan fingerprint density at radius 2 is 2.04 bits per heavy atom. The van der Waals surface area contributed by atoms with Crippen molar-refractivity contribution >= 4 is 40.4 Å². The quantitative estimate of drug-likeness (QED) is 0.474. The molecule has 0 aliphatic carbocycles. The first-order chi connectivity index (χ1) is 13.6. The number of fused-ring (bicyclic) bond motifs is 1. The summed E-state index contributed by atoms with van der Waals surface area (Å²) in [6, 6.07) is 14.4. The van der Waals surface area contributed by atoms with Crippen LogP contribution in [0.15, 0.2) is 67.1 Å². The van der Waals surface area contributed by atoms with Crippen molar-refractivity contribution in [3.8, 4) is 5.75 Å². The third kappa shape index (κ3) is 4.08. The lowest BCUT2D eigenvalue weighted by Gasteiger charge is -2.09. The molecule has 140 valence electrons. The number of carbonyl (C=O) groups excluding carboxylic acids is 1. The molecule has 0 radical (unpaired) electrons. The summed E-state index contributed by atoms with van der Waals surface area (Å²) in [7, 11) is 0. The molecule has 4 rings (SSSR count). The van der Waals surface area contributed by atoms with Crippen LogP contribution in [0.3, 0.4) is 0 Å². The van der Waals surface area contributed by atoms with E-state index in [1.54, 1.807) is 18.2 Å². The molecule has 0 fully saturated rings. The van der Waals surface area contributed by atoms with Gasteiger partial charge in [-0.3, -0.25) is 4.79 Å². The van der Waals surface area contributed by atoms with Crippen LogP contribution < -0.4 is 10.1 Å². The van der Waals surface area contributed by atoms with Gasteiger partial charge in [-0.2, -0.15) is 0 Å². The maximum absolute atomic E-state index is 12.4. The Bertz CT molecular complexity index is 1130. The second kappa shape index (κ2) is 7.88. The van der Waals surface area contributed by atoms with Crippen LogP contribution in [0.4, 0.5) is 5.69 Å². The molecule has 1 aromatic carbocycles. The van der Waals surface area contributed by atoms with Crippen LogP contribution in [0.25, 0.3) is 5.65 Å². The molecule has 4 aromatic rings. The summed E-state index contributed by atoms with van der Waals surface area (Å²) in [5, 5.41) is 3.16. The van der Waals surface area contributed by atoms with Crippen molar-refractivity contribution in [3.05, 3.63) is 88.6 Å². The Kier molecular flexibility index (Phi) is 5.14. The normalized spacial score (nSPS) is 10.8. The first kappa shape index (κ1) is 18.3. The van der Waals surface area contributed by atoms with Gasteiger partial charge in [0.2, 0.25) is 0 Å². The summed E-state index contributed by atoms with van der Waals surface area (Å²) < 4.78 is 7.74. The largest absolute Gasteiger partial charge is 0.487 e. The number of rotatable bonds is 5. The minimum atomic E-state index is -0.344. The lowest BCUT2D eigenvalue weighted by molar-refractivity contribution is 0.102. The Morgan fingerprint density at radius 1 is 1.14 bits per heavy atom. The van der Waals surface area contributed by atoms with Crippen LogP contribution in [0.1, 0.15) is 16.1 Å². The Morgan fingerprint density at radius 3 is 2.86 bits per heavy atom. The van der Waals surface area contributed by atoms with Crippen molar-refractivity contribution in [1.29, 1.82) is 0 Å². The Hall–Kier alpha value is -3.09. The number of ether oxygens (including phenoxy) is 1. The Balaban J connectivity index is 1.43. The minimum absolute atomic E-state index is 0.153. The number of nitrogens with zero attached hydrogens (tertiary/aromatic N) is 3. The number of amides is 1. The van der Waals surface area contributed by atoms with Gasteiger partial charge in [0.15, 0.2) is 0 Å². The highest BCUT2D eigenvalue weighted by atomic mass is 35.5. The molecule has 0 spiro atoms. The van der Waals surface area contributed by atoms with Gasteiger partial charge in [-0.1, -0.05) is 35.3 Å². The number of halogens is 2. The van der Waals surface area contributed by atoms with Crippen molar-refractivity contribution in [1.82, 2.24) is 14.4 Å². The van der Waals surface area contributed by atoms with Gasteiger partial charge in [0, 0.05) is 30.3 Å². The predicted molar refractivity (Wildman–Crippen MR) is 108 cm³/mol. The Labute approximate surface area is 170 Å². The van der Waals surface area contributed by atoms with E-state index in [0.29, 0.717) is 23.6 Å². The average Bonchev–Trinajstić information content (AvgIpc) is 3.12. The summed E-state index contributed by atoms with van der Waals surface area (Å²) >= 11 is 11.7. The molecular formula is C20H14Cl2N4O2. The minimum Gasteiger partial charge on any atom is -0.487 e. The van der Waals surface area contributed by atoms with Crippen molar-refractivity contribution < 1.29 is 9.53 Å². The SMILES string of the molecule is O=C(Nc1cccc(OCc2cn3ccccc3n2)c1)c1cnc(Cl)c(Cl)c1. The van der Waals surface area contributed by atoms with Crippen LogP contribution in [0.2, 0.25) is 10.2 Å². The van der Waals surface area contributed by atoms with Crippen molar-refractivity contribution in [2.45, 2.75) is 6.61 Å². The van der Waals surface area contributed by atoms with Crippen LogP contribution in [-0.2, 0) is 6.61 Å². The average molecular weight is 413 g/mol. The summed E-state index contributed by atoms with van der Waals surface area (Å²) in [5.74, 6) is 0.269. The summed E-state index contributed by atoms with van der Waals surface area (Å²) in [5.41, 5.74) is 2.56. The van der Waals surface area contributed by atoms with E-state index < -0.39 is 0 Å². The highest BCUT2D eigenvalue weighted by Crippen LogP contribution is 2.22. The van der Waals surface area contributed by atoms with Crippen LogP contribution >= 0.6 is 23.2 Å². The summed E-state index contributed by atoms with van der Waals surface area (Å²) in [6.45, 7) is 0.315. The van der Waals surface area contributed by atoms with Crippen molar-refractivity contribution in [2.24, 2.45) is 0 Å². The van der Waals surface area contributed by atoms with Gasteiger partial charge in [0.25, 0.3) is 5.91 Å². The number of imidazole rings is 1. The van der Waals surface area contributed by atoms with Crippen molar-refractivity contribution in [2.75, 3.05) is 5.32 Å². The number of aromatic nitrogens is 3. The van der Waals surface area contributed by atoms with Gasteiger partial charge >= 0.3 is 0 Å². The van der Waals surface area contributed by atoms with Crippen LogP contribution in [-0.4, -0.2) is 20.3 Å². The molecule has 1 N–H and O–H groups in total. The van der Waals surface area contributed by atoms with Gasteiger partial charge < -0.3 is 14.5 Å². The fraction of sp³-hybridized carbons (Fsp3) is 0.0500. The number of anilines is 1. The van der Waals surface area contributed by atoms with Gasteiger partial charge in [-0.05, 0) is 30.3 Å². The molecule has 3 aromatic heterocycles. The monoisotopic (exact) mass is 412 g/mol. The summed E-state index contributed by atoms with van der Waals surface area (Å²) in [6.07, 6.45) is 5.21. The highest BCUT2D eigenvalue weighted by Gasteiger charge is 2.10. The zero-order valence-corrected chi connectivity index (χ0v) is 16.0. The number of hydrogen-bond acceptors (Lipinski definition) is 4. The van der Waals surface area contributed by atoms with E-state index in [4.69, 9.17) is 27.9 Å². The molecule has 8 heteroatoms. The topological polar surface area (TPSA) is 68.5 Å². The van der Waals surface area contributed by atoms with Crippen LogP contribution in [0, 0.1) is 0 Å². The fourth-order valence-corrected chi connectivity index (χ4v) is 2.90. The van der Waals surface area contributed by atoms with E-state index in [1.807, 2.05) is 41.1 Å². The number of hydrogen-bond donors (Lipinski definition) is 1. The smallest absolute Gasteiger partial charge is 0.257 e. The van der Waals surface area contributed by atoms with E-state index in [9.17, 15) is 4.79 Å². The number of carbonyl (C=O) groups is 1. The number of benzene rings is 1. The molecule has 0 aliphatic rings. The van der Waals surface area contributed by atoms with E-state index in [-0.39, 0.29) is 16.1 Å². The molecule has 0 bridgehead atoms. The molecule has 0 atom stereocenters. The first-order valence-electron chi connectivity index (χ1n) is 8.36. The number of nitrogens with one attached hydrogen (secondary N) is 1. The van der Waals surface area contributed by atoms with Gasteiger partial charge in [-0.25, -0.2) is 9.97 Å². The molecule has 28 heavy (non-hydrogen) atoms. The lowest BCUT2D eigenvalue weighted by Crippen LogP contribution is -2.12. The molecular weight excluding hydrogens is 399 g/mol. The molecule has 0 saturated carbocycles. The maximum Gasteiger partial charge on any atom is 0.257 e. The zero-order valence-electron chi connectivity index (χ0n) is 14.5. The predicted octanol–water partition coefficient (Wildman–Crippen LogP) is 4.87. The van der Waals surface area contributed by atoms with E-state index >= 15 is 0 Å². The second-order valence-corrected chi connectivity index (χ2v) is 6.73. The van der Waals surface area contributed by atoms with Crippen molar-refractivity contribution in [3.63, 3.8) is 0 Å². The molecule has 3 heterocycles. The van der Waals surface area contributed by atoms with E-state index in [2.05, 4.69) is 15.3 Å². The fourth-order valence-electron chi connectivity index (χ4n) is 2.63. The second-order valence-electron chi connectivity index (χ2n) is 5.97. The molecule has 0 saturated heterocycles. The molecule has 6 nitrogen and oxygen atoms in total. The highest BCUT2D eigenvalue weighted by molar-refractivity contribution is 6.41. The van der Waals surface area contributed by atoms with E-state index in [1.165, 1.54) is 12.3 Å². The lowest BCUT2D eigenvalue weighted by atomic mass is 10.2. The third-order valence-electron chi connectivity index (χ3n) is 3.95. The van der Waals surface area contributed by atoms with Gasteiger partial charge in [0.05, 0.1) is 16.3 Å². The number of pyridine rings is 2. The van der Waals surface area contributed by atoms with Gasteiger partial charge in [-0.15, -0.1) is 0 Å². The first-order valence-corrected chi connectivity index (χ1v) is 9.12. The van der Waals surface area contributed by atoms with E-state index in [0.717, 1.165) is 11.3 Å². The standard InChI is InChI=1S/C20H14Cl2N4O2/c21-17-8-13(10-23-19(17)22)20(27)25-14-4-3-5-16(9-14)28-12-15-11-26-7-2-1-6-18(26)24-15/h1-11H,12H2,(H,25,27). The molecule has 0 unspecified atom stereocenters. The molecule has 0 aliphatic heterocycles. The summed E-state index contributed by atoms with van der Waals surface area (Å²) in [4.78, 5) is 20.7.